The highest BCUT2D eigenvalue weighted by Crippen LogP contribution is 2.31. The number of nitrogens with one attached hydrogen (secondary N) is 1. The van der Waals surface area contributed by atoms with Crippen molar-refractivity contribution in [1.82, 2.24) is 0 Å². The molecule has 90 valence electrons. The Balaban J connectivity index is 2.27. The number of ether oxygens (including phenoxy) is 1. The normalized spacial score (nSPS) is 14.2. The van der Waals surface area contributed by atoms with E-state index < -0.39 is 5.97 Å². The summed E-state index contributed by atoms with van der Waals surface area (Å²) in [6.07, 6.45) is 1.75. The summed E-state index contributed by atoms with van der Waals surface area (Å²) < 4.78 is 5.00. The summed E-state index contributed by atoms with van der Waals surface area (Å²) in [5.41, 5.74) is 0.355. The van der Waals surface area contributed by atoms with Gasteiger partial charge in [0, 0.05) is 12.0 Å². The van der Waals surface area contributed by atoms with Crippen LogP contribution < -0.4 is 10.1 Å². The molecule has 1 aromatic carbocycles. The fraction of sp³-hybridized carbons (Fsp3) is 0.333. The molecular formula is C12H13NO4. The van der Waals surface area contributed by atoms with Gasteiger partial charge in [-0.3, -0.25) is 4.79 Å². The van der Waals surface area contributed by atoms with E-state index in [0.29, 0.717) is 5.75 Å². The average molecular weight is 235 g/mol. The number of hydrogen-bond donors (Lipinski definition) is 2. The monoisotopic (exact) mass is 235 g/mol. The van der Waals surface area contributed by atoms with Gasteiger partial charge in [-0.15, -0.1) is 0 Å². The van der Waals surface area contributed by atoms with Crippen molar-refractivity contribution in [3.05, 3.63) is 23.8 Å². The molecule has 0 heterocycles. The molecule has 0 aromatic heterocycles. The molecule has 0 unspecified atom stereocenters. The van der Waals surface area contributed by atoms with Gasteiger partial charge in [-0.25, -0.2) is 4.79 Å². The van der Waals surface area contributed by atoms with E-state index >= 15 is 0 Å². The van der Waals surface area contributed by atoms with Crippen molar-refractivity contribution in [1.29, 1.82) is 0 Å². The minimum absolute atomic E-state index is 0.0304. The molecule has 0 aliphatic heterocycles. The number of anilines is 1. The lowest BCUT2D eigenvalue weighted by atomic mass is 10.1. The highest BCUT2D eigenvalue weighted by Gasteiger charge is 2.30. The predicted octanol–water partition coefficient (Wildman–Crippen LogP) is 1.74. The molecule has 1 aromatic rings. The third kappa shape index (κ3) is 2.55. The van der Waals surface area contributed by atoms with Crippen molar-refractivity contribution in [3.63, 3.8) is 0 Å². The molecule has 0 bridgehead atoms. The highest BCUT2D eigenvalue weighted by atomic mass is 16.5. The van der Waals surface area contributed by atoms with Gasteiger partial charge in [0.2, 0.25) is 5.91 Å². The molecule has 1 saturated carbocycles. The van der Waals surface area contributed by atoms with Crippen LogP contribution in [0.25, 0.3) is 0 Å². The highest BCUT2D eigenvalue weighted by molar-refractivity contribution is 6.02. The summed E-state index contributed by atoms with van der Waals surface area (Å²) in [4.78, 5) is 22.6. The van der Waals surface area contributed by atoms with Crippen LogP contribution in [0.1, 0.15) is 23.2 Å². The van der Waals surface area contributed by atoms with E-state index in [1.807, 2.05) is 0 Å². The minimum Gasteiger partial charge on any atom is -0.497 e. The average Bonchev–Trinajstić information content (AvgIpc) is 3.12. The van der Waals surface area contributed by atoms with Crippen LogP contribution in [0.4, 0.5) is 5.69 Å². The van der Waals surface area contributed by atoms with Crippen molar-refractivity contribution in [2.24, 2.45) is 5.92 Å². The van der Waals surface area contributed by atoms with E-state index in [9.17, 15) is 9.59 Å². The van der Waals surface area contributed by atoms with Crippen molar-refractivity contribution >= 4 is 17.6 Å². The van der Waals surface area contributed by atoms with E-state index in [2.05, 4.69) is 5.32 Å². The minimum atomic E-state index is -1.07. The Morgan fingerprint density at radius 1 is 1.41 bits per heavy atom. The van der Waals surface area contributed by atoms with E-state index in [1.54, 1.807) is 6.07 Å². The van der Waals surface area contributed by atoms with Crippen LogP contribution in [0.5, 0.6) is 5.75 Å². The molecule has 1 amide bonds. The number of carbonyl (C=O) groups excluding carboxylic acids is 1. The molecule has 5 nitrogen and oxygen atoms in total. The lowest BCUT2D eigenvalue weighted by molar-refractivity contribution is -0.117. The molecule has 2 rings (SSSR count). The van der Waals surface area contributed by atoms with Gasteiger partial charge in [0.15, 0.2) is 0 Å². The van der Waals surface area contributed by atoms with Crippen molar-refractivity contribution in [2.45, 2.75) is 12.8 Å². The van der Waals surface area contributed by atoms with Gasteiger partial charge in [-0.05, 0) is 25.0 Å². The second kappa shape index (κ2) is 4.45. The number of benzene rings is 1. The summed E-state index contributed by atoms with van der Waals surface area (Å²) >= 11 is 0. The largest absolute Gasteiger partial charge is 0.497 e. The number of carbonyl (C=O) groups is 2. The molecule has 2 N–H and O–H groups in total. The number of carboxylic acids is 1. The van der Waals surface area contributed by atoms with Crippen LogP contribution in [0.2, 0.25) is 0 Å². The summed E-state index contributed by atoms with van der Waals surface area (Å²) in [5.74, 6) is -0.650. The summed E-state index contributed by atoms with van der Waals surface area (Å²) in [7, 11) is 1.49. The second-order valence-electron chi connectivity index (χ2n) is 3.98. The Labute approximate surface area is 98.4 Å². The number of carboxylic acid groups (broad SMARTS) is 1. The molecule has 1 aliphatic carbocycles. The Kier molecular flexibility index (Phi) is 2.99. The predicted molar refractivity (Wildman–Crippen MR) is 61.3 cm³/mol. The first-order valence-electron chi connectivity index (χ1n) is 5.34. The topological polar surface area (TPSA) is 75.6 Å². The van der Waals surface area contributed by atoms with E-state index in [0.717, 1.165) is 12.8 Å². The molecule has 0 saturated heterocycles. The number of amides is 1. The number of rotatable bonds is 4. The molecule has 0 radical (unpaired) electrons. The zero-order chi connectivity index (χ0) is 12.4. The Morgan fingerprint density at radius 3 is 2.65 bits per heavy atom. The van der Waals surface area contributed by atoms with Crippen LogP contribution in [0.15, 0.2) is 18.2 Å². The second-order valence-corrected chi connectivity index (χ2v) is 3.98. The zero-order valence-electron chi connectivity index (χ0n) is 9.40. The number of hydrogen-bond acceptors (Lipinski definition) is 3. The molecule has 0 spiro atoms. The maximum atomic E-state index is 11.6. The SMILES string of the molecule is COc1ccc(C(=O)O)c(NC(=O)C2CC2)c1. The van der Waals surface area contributed by atoms with Crippen LogP contribution in [-0.2, 0) is 4.79 Å². The molecular weight excluding hydrogens is 222 g/mol. The van der Waals surface area contributed by atoms with Crippen molar-refractivity contribution in [2.75, 3.05) is 12.4 Å². The van der Waals surface area contributed by atoms with Crippen molar-refractivity contribution < 1.29 is 19.4 Å². The van der Waals surface area contributed by atoms with Gasteiger partial charge in [0.25, 0.3) is 0 Å². The van der Waals surface area contributed by atoms with Gasteiger partial charge in [-0.2, -0.15) is 0 Å². The smallest absolute Gasteiger partial charge is 0.337 e. The maximum absolute atomic E-state index is 11.6. The molecule has 5 heteroatoms. The van der Waals surface area contributed by atoms with Gasteiger partial charge < -0.3 is 15.2 Å². The van der Waals surface area contributed by atoms with E-state index in [4.69, 9.17) is 9.84 Å². The summed E-state index contributed by atoms with van der Waals surface area (Å²) in [6.45, 7) is 0. The van der Waals surface area contributed by atoms with Gasteiger partial charge >= 0.3 is 5.97 Å². The van der Waals surface area contributed by atoms with Crippen LogP contribution >= 0.6 is 0 Å². The fourth-order valence-electron chi connectivity index (χ4n) is 1.52. The number of aromatic carboxylic acids is 1. The van der Waals surface area contributed by atoms with Gasteiger partial charge in [0.1, 0.15) is 5.75 Å². The third-order valence-electron chi connectivity index (χ3n) is 2.66. The van der Waals surface area contributed by atoms with Crippen LogP contribution in [0, 0.1) is 5.92 Å². The lowest BCUT2D eigenvalue weighted by Crippen LogP contribution is -2.16. The first-order chi connectivity index (χ1) is 8.11. The Bertz CT molecular complexity index is 466. The van der Waals surface area contributed by atoms with Gasteiger partial charge in [-0.1, -0.05) is 0 Å². The maximum Gasteiger partial charge on any atom is 0.337 e. The Hall–Kier alpha value is -2.04. The Morgan fingerprint density at radius 2 is 2.12 bits per heavy atom. The lowest BCUT2D eigenvalue weighted by Gasteiger charge is -2.09. The molecule has 0 atom stereocenters. The summed E-state index contributed by atoms with van der Waals surface area (Å²) in [6, 6.07) is 4.49. The van der Waals surface area contributed by atoms with E-state index in [1.165, 1.54) is 19.2 Å². The zero-order valence-corrected chi connectivity index (χ0v) is 9.40. The molecule has 17 heavy (non-hydrogen) atoms. The van der Waals surface area contributed by atoms with Gasteiger partial charge in [0.05, 0.1) is 18.4 Å². The van der Waals surface area contributed by atoms with Crippen LogP contribution in [-0.4, -0.2) is 24.1 Å². The summed E-state index contributed by atoms with van der Waals surface area (Å²) in [5, 5.41) is 11.6. The molecule has 1 fully saturated rings. The van der Waals surface area contributed by atoms with E-state index in [-0.39, 0.29) is 23.1 Å². The number of methoxy groups -OCH3 is 1. The van der Waals surface area contributed by atoms with Crippen LogP contribution in [0.3, 0.4) is 0 Å². The fourth-order valence-corrected chi connectivity index (χ4v) is 1.52. The molecule has 1 aliphatic rings. The third-order valence-corrected chi connectivity index (χ3v) is 2.66. The standard InChI is InChI=1S/C12H13NO4/c1-17-8-4-5-9(12(15)16)10(6-8)13-11(14)7-2-3-7/h4-7H,2-3H2,1H3,(H,13,14)(H,15,16). The first-order valence-corrected chi connectivity index (χ1v) is 5.34. The quantitative estimate of drug-likeness (QED) is 0.833. The van der Waals surface area contributed by atoms with Crippen molar-refractivity contribution in [3.8, 4) is 5.75 Å². The first kappa shape index (κ1) is 11.4.